The molecule has 1 atom stereocenters. The SMILES string of the molecule is CNC(Cc1ccc(F)cc1)C(=O)N(C)C. The lowest BCUT2D eigenvalue weighted by Crippen LogP contribution is -2.43. The lowest BCUT2D eigenvalue weighted by molar-refractivity contribution is -0.130. The molecule has 0 aliphatic carbocycles. The van der Waals surface area contributed by atoms with Crippen LogP contribution in [0.3, 0.4) is 0 Å². The maximum absolute atomic E-state index is 12.7. The summed E-state index contributed by atoms with van der Waals surface area (Å²) in [5, 5.41) is 2.96. The van der Waals surface area contributed by atoms with Crippen molar-refractivity contribution in [3.63, 3.8) is 0 Å². The molecule has 1 aromatic rings. The van der Waals surface area contributed by atoms with E-state index in [0.29, 0.717) is 6.42 Å². The molecule has 16 heavy (non-hydrogen) atoms. The molecule has 4 heteroatoms. The summed E-state index contributed by atoms with van der Waals surface area (Å²) >= 11 is 0. The van der Waals surface area contributed by atoms with Crippen LogP contribution in [0.15, 0.2) is 24.3 Å². The molecule has 0 saturated heterocycles. The second-order valence-electron chi connectivity index (χ2n) is 3.90. The van der Waals surface area contributed by atoms with Gasteiger partial charge in [0, 0.05) is 14.1 Å². The van der Waals surface area contributed by atoms with Crippen molar-refractivity contribution in [2.75, 3.05) is 21.1 Å². The zero-order valence-electron chi connectivity index (χ0n) is 9.83. The summed E-state index contributed by atoms with van der Waals surface area (Å²) in [5.74, 6) is -0.240. The number of benzene rings is 1. The largest absolute Gasteiger partial charge is 0.347 e. The molecule has 0 spiro atoms. The Hall–Kier alpha value is -1.42. The molecule has 0 saturated carbocycles. The third-order valence-corrected chi connectivity index (χ3v) is 2.44. The number of halogens is 1. The maximum atomic E-state index is 12.7. The van der Waals surface area contributed by atoms with Gasteiger partial charge in [-0.05, 0) is 31.2 Å². The Kier molecular flexibility index (Phi) is 4.43. The molecule has 1 unspecified atom stereocenters. The first-order valence-corrected chi connectivity index (χ1v) is 5.17. The van der Waals surface area contributed by atoms with E-state index in [9.17, 15) is 9.18 Å². The van der Waals surface area contributed by atoms with Gasteiger partial charge in [-0.3, -0.25) is 4.79 Å². The van der Waals surface area contributed by atoms with Gasteiger partial charge >= 0.3 is 0 Å². The highest BCUT2D eigenvalue weighted by Gasteiger charge is 2.18. The summed E-state index contributed by atoms with van der Waals surface area (Å²) in [5.41, 5.74) is 0.941. The third-order valence-electron chi connectivity index (χ3n) is 2.44. The standard InChI is InChI=1S/C12H17FN2O/c1-14-11(12(16)15(2)3)8-9-4-6-10(13)7-5-9/h4-7,11,14H,8H2,1-3H3. The van der Waals surface area contributed by atoms with Crippen molar-refractivity contribution in [1.29, 1.82) is 0 Å². The van der Waals surface area contributed by atoms with Crippen molar-refractivity contribution in [2.24, 2.45) is 0 Å². The average Bonchev–Trinajstić information content (AvgIpc) is 2.27. The van der Waals surface area contributed by atoms with Gasteiger partial charge in [0.25, 0.3) is 0 Å². The van der Waals surface area contributed by atoms with Crippen LogP contribution >= 0.6 is 0 Å². The topological polar surface area (TPSA) is 32.3 Å². The van der Waals surface area contributed by atoms with Gasteiger partial charge in [0.15, 0.2) is 0 Å². The molecule has 0 aliphatic heterocycles. The quantitative estimate of drug-likeness (QED) is 0.829. The van der Waals surface area contributed by atoms with Gasteiger partial charge in [0.2, 0.25) is 5.91 Å². The van der Waals surface area contributed by atoms with E-state index in [0.717, 1.165) is 5.56 Å². The summed E-state index contributed by atoms with van der Waals surface area (Å²) in [7, 11) is 5.18. The fourth-order valence-corrected chi connectivity index (χ4v) is 1.48. The van der Waals surface area contributed by atoms with E-state index < -0.39 is 0 Å². The zero-order valence-corrected chi connectivity index (χ0v) is 9.83. The van der Waals surface area contributed by atoms with E-state index in [1.54, 1.807) is 38.2 Å². The van der Waals surface area contributed by atoms with E-state index in [-0.39, 0.29) is 17.8 Å². The molecule has 1 rings (SSSR count). The summed E-state index contributed by atoms with van der Waals surface area (Å²) in [6.07, 6.45) is 0.563. The van der Waals surface area contributed by atoms with Crippen LogP contribution < -0.4 is 5.32 Å². The van der Waals surface area contributed by atoms with Crippen molar-refractivity contribution >= 4 is 5.91 Å². The van der Waals surface area contributed by atoms with E-state index in [2.05, 4.69) is 5.32 Å². The van der Waals surface area contributed by atoms with Gasteiger partial charge in [-0.1, -0.05) is 12.1 Å². The van der Waals surface area contributed by atoms with Gasteiger partial charge in [-0.25, -0.2) is 4.39 Å². The van der Waals surface area contributed by atoms with Crippen molar-refractivity contribution in [1.82, 2.24) is 10.2 Å². The van der Waals surface area contributed by atoms with Gasteiger partial charge < -0.3 is 10.2 Å². The van der Waals surface area contributed by atoms with E-state index in [4.69, 9.17) is 0 Å². The first-order valence-electron chi connectivity index (χ1n) is 5.17. The number of nitrogens with zero attached hydrogens (tertiary/aromatic N) is 1. The van der Waals surface area contributed by atoms with Gasteiger partial charge in [0.1, 0.15) is 5.82 Å². The monoisotopic (exact) mass is 224 g/mol. The highest BCUT2D eigenvalue weighted by molar-refractivity contribution is 5.81. The number of hydrogen-bond acceptors (Lipinski definition) is 2. The highest BCUT2D eigenvalue weighted by atomic mass is 19.1. The normalized spacial score (nSPS) is 12.2. The molecule has 0 aliphatic rings. The number of carbonyl (C=O) groups excluding carboxylic acids is 1. The van der Waals surface area contributed by atoms with Crippen LogP contribution in [0.1, 0.15) is 5.56 Å². The zero-order chi connectivity index (χ0) is 12.1. The first-order chi connectivity index (χ1) is 7.54. The van der Waals surface area contributed by atoms with Crippen LogP contribution in [-0.2, 0) is 11.2 Å². The average molecular weight is 224 g/mol. The van der Waals surface area contributed by atoms with E-state index in [1.807, 2.05) is 0 Å². The number of carbonyl (C=O) groups is 1. The number of hydrogen-bond donors (Lipinski definition) is 1. The Morgan fingerprint density at radius 1 is 1.38 bits per heavy atom. The molecule has 0 fully saturated rings. The molecule has 88 valence electrons. The van der Waals surface area contributed by atoms with Gasteiger partial charge in [-0.2, -0.15) is 0 Å². The van der Waals surface area contributed by atoms with Crippen molar-refractivity contribution in [3.05, 3.63) is 35.6 Å². The van der Waals surface area contributed by atoms with Crippen molar-refractivity contribution in [2.45, 2.75) is 12.5 Å². The molecule has 0 heterocycles. The van der Waals surface area contributed by atoms with Gasteiger partial charge in [0.05, 0.1) is 6.04 Å². The number of rotatable bonds is 4. The summed E-state index contributed by atoms with van der Waals surface area (Å²) in [6.45, 7) is 0. The minimum atomic E-state index is -0.263. The molecule has 1 N–H and O–H groups in total. The van der Waals surface area contributed by atoms with E-state index >= 15 is 0 Å². The maximum Gasteiger partial charge on any atom is 0.239 e. The Bertz CT molecular complexity index is 349. The molecule has 0 aromatic heterocycles. The van der Waals surface area contributed by atoms with Crippen LogP contribution in [0, 0.1) is 5.82 Å². The Morgan fingerprint density at radius 2 is 1.94 bits per heavy atom. The van der Waals surface area contributed by atoms with Crippen molar-refractivity contribution < 1.29 is 9.18 Å². The fourth-order valence-electron chi connectivity index (χ4n) is 1.48. The van der Waals surface area contributed by atoms with E-state index in [1.165, 1.54) is 12.1 Å². The molecule has 1 aromatic carbocycles. The van der Waals surface area contributed by atoms with Crippen LogP contribution in [0.5, 0.6) is 0 Å². The second-order valence-corrected chi connectivity index (χ2v) is 3.90. The predicted molar refractivity (Wildman–Crippen MR) is 61.6 cm³/mol. The smallest absolute Gasteiger partial charge is 0.239 e. The molecular formula is C12H17FN2O. The number of likely N-dealkylation sites (N-methyl/N-ethyl adjacent to an activating group) is 2. The second kappa shape index (κ2) is 5.61. The Balaban J connectivity index is 2.70. The lowest BCUT2D eigenvalue weighted by Gasteiger charge is -2.19. The van der Waals surface area contributed by atoms with Gasteiger partial charge in [-0.15, -0.1) is 0 Å². The highest BCUT2D eigenvalue weighted by Crippen LogP contribution is 2.06. The van der Waals surface area contributed by atoms with Crippen LogP contribution in [0.4, 0.5) is 4.39 Å². The number of nitrogens with one attached hydrogen (secondary N) is 1. The summed E-state index contributed by atoms with van der Waals surface area (Å²) in [4.78, 5) is 13.3. The lowest BCUT2D eigenvalue weighted by atomic mass is 10.1. The van der Waals surface area contributed by atoms with Crippen LogP contribution in [-0.4, -0.2) is 38.0 Å². The summed E-state index contributed by atoms with van der Waals surface area (Å²) in [6, 6.07) is 5.94. The molecule has 3 nitrogen and oxygen atoms in total. The predicted octanol–water partition coefficient (Wildman–Crippen LogP) is 1.04. The first kappa shape index (κ1) is 12.6. The molecule has 0 bridgehead atoms. The third kappa shape index (κ3) is 3.31. The Labute approximate surface area is 95.3 Å². The number of amides is 1. The van der Waals surface area contributed by atoms with Crippen LogP contribution in [0.2, 0.25) is 0 Å². The molecule has 1 amide bonds. The molecule has 0 radical (unpaired) electrons. The summed E-state index contributed by atoms with van der Waals surface area (Å²) < 4.78 is 12.7. The minimum absolute atomic E-state index is 0.0202. The van der Waals surface area contributed by atoms with Crippen molar-refractivity contribution in [3.8, 4) is 0 Å². The minimum Gasteiger partial charge on any atom is -0.347 e. The van der Waals surface area contributed by atoms with Crippen LogP contribution in [0.25, 0.3) is 0 Å². The fraction of sp³-hybridized carbons (Fsp3) is 0.417. The Morgan fingerprint density at radius 3 is 2.38 bits per heavy atom. The molecular weight excluding hydrogens is 207 g/mol.